The summed E-state index contributed by atoms with van der Waals surface area (Å²) in [6, 6.07) is 0. The summed E-state index contributed by atoms with van der Waals surface area (Å²) in [4.78, 5) is 72.8. The Kier molecular flexibility index (Phi) is 67.1. The largest absolute Gasteiger partial charge is 0.472 e. The van der Waals surface area contributed by atoms with Crippen LogP contribution in [-0.4, -0.2) is 96.7 Å². The molecule has 0 aliphatic rings. The molecule has 97 heavy (non-hydrogen) atoms. The van der Waals surface area contributed by atoms with Crippen molar-refractivity contribution in [1.82, 2.24) is 0 Å². The maximum atomic E-state index is 13.1. The lowest BCUT2D eigenvalue weighted by molar-refractivity contribution is -0.161. The van der Waals surface area contributed by atoms with Crippen LogP contribution < -0.4 is 0 Å². The number of esters is 4. The number of ether oxygens (including phenoxy) is 4. The molecule has 0 saturated heterocycles. The van der Waals surface area contributed by atoms with Crippen molar-refractivity contribution in [3.63, 3.8) is 0 Å². The van der Waals surface area contributed by atoms with Crippen LogP contribution in [0.5, 0.6) is 0 Å². The fourth-order valence-electron chi connectivity index (χ4n) is 12.0. The van der Waals surface area contributed by atoms with Crippen LogP contribution >= 0.6 is 15.6 Å². The molecule has 0 heterocycles. The zero-order valence-corrected chi connectivity index (χ0v) is 65.3. The first-order valence-electron chi connectivity index (χ1n) is 40.3. The van der Waals surface area contributed by atoms with Crippen LogP contribution in [0.3, 0.4) is 0 Å². The van der Waals surface area contributed by atoms with Crippen LogP contribution in [-0.2, 0) is 65.4 Å². The highest BCUT2D eigenvalue weighted by Gasteiger charge is 2.30. The van der Waals surface area contributed by atoms with E-state index in [9.17, 15) is 43.2 Å². The Morgan fingerprint density at radius 2 is 0.474 bits per heavy atom. The van der Waals surface area contributed by atoms with Gasteiger partial charge < -0.3 is 33.8 Å². The first kappa shape index (κ1) is 95.1. The molecular formula is C78H152O17P2. The fraction of sp³-hybridized carbons (Fsp3) is 0.949. The average Bonchev–Trinajstić information content (AvgIpc) is 1.36. The third-order valence-corrected chi connectivity index (χ3v) is 20.0. The van der Waals surface area contributed by atoms with Crippen molar-refractivity contribution in [1.29, 1.82) is 0 Å². The van der Waals surface area contributed by atoms with E-state index in [0.717, 1.165) is 108 Å². The van der Waals surface area contributed by atoms with E-state index >= 15 is 0 Å². The molecule has 0 rings (SSSR count). The second-order valence-corrected chi connectivity index (χ2v) is 32.4. The average molecular weight is 1420 g/mol. The van der Waals surface area contributed by atoms with Crippen molar-refractivity contribution in [2.45, 2.75) is 420 Å². The van der Waals surface area contributed by atoms with Gasteiger partial charge in [-0.05, 0) is 43.4 Å². The zero-order valence-electron chi connectivity index (χ0n) is 63.5. The van der Waals surface area contributed by atoms with E-state index in [1.54, 1.807) is 0 Å². The molecule has 0 radical (unpaired) electrons. The molecule has 0 amide bonds. The molecule has 0 aliphatic carbocycles. The third kappa shape index (κ3) is 72.2. The van der Waals surface area contributed by atoms with Gasteiger partial charge in [0.25, 0.3) is 0 Å². The number of rotatable bonds is 76. The van der Waals surface area contributed by atoms with Gasteiger partial charge in [-0.1, -0.05) is 350 Å². The summed E-state index contributed by atoms with van der Waals surface area (Å²) >= 11 is 0. The summed E-state index contributed by atoms with van der Waals surface area (Å²) < 4.78 is 68.6. The molecule has 0 spiro atoms. The highest BCUT2D eigenvalue weighted by molar-refractivity contribution is 7.47. The molecular weight excluding hydrogens is 1270 g/mol. The molecule has 17 nitrogen and oxygen atoms in total. The number of phosphoric ester groups is 2. The maximum absolute atomic E-state index is 13.1. The Balaban J connectivity index is 5.22. The summed E-state index contributed by atoms with van der Waals surface area (Å²) in [6.07, 6.45) is 55.5. The van der Waals surface area contributed by atoms with Gasteiger partial charge in [0.2, 0.25) is 0 Å². The van der Waals surface area contributed by atoms with Crippen LogP contribution in [0, 0.1) is 17.8 Å². The smallest absolute Gasteiger partial charge is 0.462 e. The van der Waals surface area contributed by atoms with E-state index < -0.39 is 97.5 Å². The topological polar surface area (TPSA) is 237 Å². The van der Waals surface area contributed by atoms with E-state index in [1.807, 2.05) is 0 Å². The van der Waals surface area contributed by atoms with Crippen LogP contribution in [0.2, 0.25) is 0 Å². The van der Waals surface area contributed by atoms with Gasteiger partial charge >= 0.3 is 39.5 Å². The van der Waals surface area contributed by atoms with Crippen LogP contribution in [0.15, 0.2) is 0 Å². The number of aliphatic hydroxyl groups is 1. The number of phosphoric acid groups is 2. The Labute approximate surface area is 594 Å². The molecule has 0 saturated carbocycles. The molecule has 0 bridgehead atoms. The van der Waals surface area contributed by atoms with Crippen molar-refractivity contribution in [2.75, 3.05) is 39.6 Å². The second kappa shape index (κ2) is 68.5. The predicted molar refractivity (Wildman–Crippen MR) is 395 cm³/mol. The first-order valence-corrected chi connectivity index (χ1v) is 43.3. The molecule has 0 aromatic rings. The zero-order chi connectivity index (χ0) is 71.6. The molecule has 0 aliphatic heterocycles. The lowest BCUT2D eigenvalue weighted by Crippen LogP contribution is -2.30. The summed E-state index contributed by atoms with van der Waals surface area (Å²) in [5, 5.41) is 10.6. The van der Waals surface area contributed by atoms with Crippen LogP contribution in [0.25, 0.3) is 0 Å². The van der Waals surface area contributed by atoms with E-state index in [1.165, 1.54) is 212 Å². The Morgan fingerprint density at radius 1 is 0.278 bits per heavy atom. The molecule has 3 N–H and O–H groups in total. The quantitative estimate of drug-likeness (QED) is 0.0222. The van der Waals surface area contributed by atoms with Gasteiger partial charge in [-0.3, -0.25) is 37.3 Å². The van der Waals surface area contributed by atoms with Crippen molar-refractivity contribution < 1.29 is 80.2 Å². The van der Waals surface area contributed by atoms with Gasteiger partial charge in [-0.15, -0.1) is 0 Å². The highest BCUT2D eigenvalue weighted by atomic mass is 31.2. The first-order chi connectivity index (χ1) is 46.7. The monoisotopic (exact) mass is 1420 g/mol. The SMILES string of the molecule is CCCCCCCCCCCCC(=O)OC[C@H](COP(=O)(O)OC[C@H](O)COP(=O)(O)OC[C@@H](COC(=O)CCCCCCCCCCCCCCCCC(C)C)OC(=O)CCCCCCCCCCCCCCCCCCC(C)C)OC(=O)CCCCCCCCCCC(C)C. The lowest BCUT2D eigenvalue weighted by Gasteiger charge is -2.21. The summed E-state index contributed by atoms with van der Waals surface area (Å²) in [5.74, 6) is 0.210. The number of carbonyl (C=O) groups excluding carboxylic acids is 4. The predicted octanol–water partition coefficient (Wildman–Crippen LogP) is 23.0. The summed E-state index contributed by atoms with van der Waals surface area (Å²) in [5.41, 5.74) is 0. The van der Waals surface area contributed by atoms with Crippen molar-refractivity contribution in [3.8, 4) is 0 Å². The fourth-order valence-corrected chi connectivity index (χ4v) is 13.5. The summed E-state index contributed by atoms with van der Waals surface area (Å²) in [7, 11) is -9.91. The summed E-state index contributed by atoms with van der Waals surface area (Å²) in [6.45, 7) is 11.9. The number of hydrogen-bond acceptors (Lipinski definition) is 15. The number of aliphatic hydroxyl groups excluding tert-OH is 1. The van der Waals surface area contributed by atoms with E-state index in [2.05, 4.69) is 48.5 Å². The van der Waals surface area contributed by atoms with Crippen molar-refractivity contribution in [3.05, 3.63) is 0 Å². The third-order valence-electron chi connectivity index (χ3n) is 18.1. The molecule has 576 valence electrons. The number of carbonyl (C=O) groups is 4. The number of unbranched alkanes of at least 4 members (excludes halogenated alkanes) is 44. The molecule has 19 heteroatoms. The van der Waals surface area contributed by atoms with Gasteiger partial charge in [-0.25, -0.2) is 9.13 Å². The van der Waals surface area contributed by atoms with Gasteiger partial charge in [0, 0.05) is 25.7 Å². The standard InChI is InChI=1S/C78H152O17P2/c1-8-9-10-11-12-13-30-38-45-52-59-75(80)88-66-74(95-78(83)62-55-48-41-34-33-37-44-51-58-71(6)7)68-93-97(86,87)91-64-72(79)63-90-96(84,85)92-67-73(65-89-76(81)60-53-46-39-31-26-22-19-18-21-25-29-36-43-50-57-70(4)5)94-77(82)61-54-47-40-32-27-23-17-15-14-16-20-24-28-35-42-49-56-69(2)3/h69-74,79H,8-68H2,1-7H3,(H,84,85)(H,86,87)/t72-,73-,74-/m1/s1. The maximum Gasteiger partial charge on any atom is 0.472 e. The Morgan fingerprint density at radius 3 is 0.701 bits per heavy atom. The molecule has 0 aromatic heterocycles. The second-order valence-electron chi connectivity index (χ2n) is 29.5. The molecule has 0 fully saturated rings. The van der Waals surface area contributed by atoms with Gasteiger partial charge in [0.1, 0.15) is 19.3 Å². The van der Waals surface area contributed by atoms with E-state index in [-0.39, 0.29) is 25.7 Å². The van der Waals surface area contributed by atoms with Crippen LogP contribution in [0.1, 0.15) is 402 Å². The number of hydrogen-bond donors (Lipinski definition) is 3. The lowest BCUT2D eigenvalue weighted by atomic mass is 10.0. The van der Waals surface area contributed by atoms with Gasteiger partial charge in [0.15, 0.2) is 12.2 Å². The Bertz CT molecular complexity index is 1890. The molecule has 0 aromatic carbocycles. The minimum atomic E-state index is -4.96. The Hall–Kier alpha value is -1.94. The van der Waals surface area contributed by atoms with E-state index in [4.69, 9.17) is 37.0 Å². The van der Waals surface area contributed by atoms with Gasteiger partial charge in [0.05, 0.1) is 26.4 Å². The highest BCUT2D eigenvalue weighted by Crippen LogP contribution is 2.45. The van der Waals surface area contributed by atoms with Crippen molar-refractivity contribution >= 4 is 39.5 Å². The van der Waals surface area contributed by atoms with E-state index in [0.29, 0.717) is 25.7 Å². The minimum absolute atomic E-state index is 0.105. The molecule has 2 unspecified atom stereocenters. The minimum Gasteiger partial charge on any atom is -0.462 e. The normalized spacial score (nSPS) is 14.0. The van der Waals surface area contributed by atoms with Crippen molar-refractivity contribution in [2.24, 2.45) is 17.8 Å². The van der Waals surface area contributed by atoms with Gasteiger partial charge in [-0.2, -0.15) is 0 Å². The van der Waals surface area contributed by atoms with Crippen LogP contribution in [0.4, 0.5) is 0 Å². The molecule has 5 atom stereocenters.